The number of esters is 1. The lowest BCUT2D eigenvalue weighted by molar-refractivity contribution is -0.133. The third kappa shape index (κ3) is 6.45. The zero-order valence-electron chi connectivity index (χ0n) is 18.0. The number of rotatable bonds is 11. The highest BCUT2D eigenvalue weighted by Crippen LogP contribution is 2.27. The summed E-state index contributed by atoms with van der Waals surface area (Å²) < 4.78 is 38.5. The van der Waals surface area contributed by atoms with E-state index < -0.39 is 28.5 Å². The molecule has 8 nitrogen and oxygen atoms in total. The second-order valence-corrected chi connectivity index (χ2v) is 8.44. The van der Waals surface area contributed by atoms with E-state index in [1.165, 1.54) is 24.1 Å². The maximum Gasteiger partial charge on any atom is 0.338 e. The molecular formula is C23H26N2O6S. The first-order valence-corrected chi connectivity index (χ1v) is 11.1. The van der Waals surface area contributed by atoms with E-state index in [0.717, 1.165) is 11.6 Å². The number of nitrogens with one attached hydrogen (secondary N) is 1. The second kappa shape index (κ2) is 11.1. The van der Waals surface area contributed by atoms with Crippen LogP contribution >= 0.6 is 0 Å². The van der Waals surface area contributed by atoms with Gasteiger partial charge in [-0.3, -0.25) is 9.52 Å². The summed E-state index contributed by atoms with van der Waals surface area (Å²) >= 11 is 0. The van der Waals surface area contributed by atoms with Crippen molar-refractivity contribution in [3.63, 3.8) is 0 Å². The Balaban J connectivity index is 2.21. The van der Waals surface area contributed by atoms with Gasteiger partial charge in [-0.2, -0.15) is 0 Å². The molecule has 0 aliphatic carbocycles. The van der Waals surface area contributed by atoms with Crippen molar-refractivity contribution in [2.75, 3.05) is 31.5 Å². The number of carbonyl (C=O) groups excluding carboxylic acids is 2. The van der Waals surface area contributed by atoms with Gasteiger partial charge in [0.1, 0.15) is 10.6 Å². The van der Waals surface area contributed by atoms with Gasteiger partial charge in [0, 0.05) is 18.8 Å². The molecule has 0 radical (unpaired) electrons. The van der Waals surface area contributed by atoms with Crippen molar-refractivity contribution < 1.29 is 27.5 Å². The number of ether oxygens (including phenoxy) is 2. The molecule has 0 aliphatic heterocycles. The van der Waals surface area contributed by atoms with Crippen molar-refractivity contribution in [1.82, 2.24) is 4.90 Å². The summed E-state index contributed by atoms with van der Waals surface area (Å²) in [5, 5.41) is 0. The van der Waals surface area contributed by atoms with Crippen LogP contribution in [0.4, 0.5) is 5.69 Å². The largest absolute Gasteiger partial charge is 0.495 e. The van der Waals surface area contributed by atoms with Gasteiger partial charge >= 0.3 is 5.97 Å². The molecule has 0 saturated carbocycles. The number of sulfonamides is 1. The lowest BCUT2D eigenvalue weighted by atomic mass is 10.2. The van der Waals surface area contributed by atoms with E-state index in [0.29, 0.717) is 5.69 Å². The molecule has 2 aromatic rings. The molecule has 2 aromatic carbocycles. The highest BCUT2D eigenvalue weighted by molar-refractivity contribution is 7.92. The lowest BCUT2D eigenvalue weighted by Crippen LogP contribution is -2.35. The molecule has 0 heterocycles. The number of amides is 1. The Hall–Kier alpha value is -3.59. The number of hydrogen-bond acceptors (Lipinski definition) is 6. The van der Waals surface area contributed by atoms with E-state index in [1.807, 2.05) is 6.92 Å². The molecule has 2 rings (SSSR count). The molecule has 0 spiro atoms. The first-order chi connectivity index (χ1) is 15.2. The van der Waals surface area contributed by atoms with Crippen LogP contribution in [0.5, 0.6) is 5.75 Å². The molecule has 0 saturated heterocycles. The molecule has 32 heavy (non-hydrogen) atoms. The Morgan fingerprint density at radius 3 is 2.25 bits per heavy atom. The molecular weight excluding hydrogens is 432 g/mol. The van der Waals surface area contributed by atoms with Crippen molar-refractivity contribution in [2.24, 2.45) is 0 Å². The zero-order valence-corrected chi connectivity index (χ0v) is 18.9. The van der Waals surface area contributed by atoms with Gasteiger partial charge in [-0.05, 0) is 37.3 Å². The molecule has 170 valence electrons. The normalized spacial score (nSPS) is 10.7. The van der Waals surface area contributed by atoms with Crippen LogP contribution in [0.15, 0.2) is 72.7 Å². The number of carbonyl (C=O) groups is 2. The molecule has 0 aliphatic rings. The van der Waals surface area contributed by atoms with Crippen molar-refractivity contribution >= 4 is 27.6 Å². The smallest absolute Gasteiger partial charge is 0.338 e. The van der Waals surface area contributed by atoms with Gasteiger partial charge in [-0.15, -0.1) is 13.2 Å². The molecule has 0 fully saturated rings. The van der Waals surface area contributed by atoms with Crippen LogP contribution in [0.25, 0.3) is 0 Å². The summed E-state index contributed by atoms with van der Waals surface area (Å²) in [6, 6.07) is 10.6. The van der Waals surface area contributed by atoms with Gasteiger partial charge in [0.2, 0.25) is 0 Å². The van der Waals surface area contributed by atoms with Crippen molar-refractivity contribution in [1.29, 1.82) is 0 Å². The van der Waals surface area contributed by atoms with E-state index in [-0.39, 0.29) is 29.3 Å². The van der Waals surface area contributed by atoms with Gasteiger partial charge in [-0.25, -0.2) is 13.2 Å². The third-order valence-corrected chi connectivity index (χ3v) is 5.77. The summed E-state index contributed by atoms with van der Waals surface area (Å²) in [7, 11) is -2.74. The minimum absolute atomic E-state index is 0.0399. The van der Waals surface area contributed by atoms with Crippen LogP contribution in [0.2, 0.25) is 0 Å². The van der Waals surface area contributed by atoms with E-state index in [1.54, 1.807) is 36.4 Å². The summed E-state index contributed by atoms with van der Waals surface area (Å²) in [6.07, 6.45) is 3.09. The van der Waals surface area contributed by atoms with Gasteiger partial charge in [0.15, 0.2) is 6.61 Å². The van der Waals surface area contributed by atoms with Crippen LogP contribution < -0.4 is 9.46 Å². The highest BCUT2D eigenvalue weighted by atomic mass is 32.2. The Bertz CT molecular complexity index is 1080. The average molecular weight is 459 g/mol. The molecule has 0 bridgehead atoms. The summed E-state index contributed by atoms with van der Waals surface area (Å²) in [5.41, 5.74) is 1.30. The van der Waals surface area contributed by atoms with Crippen LogP contribution in [-0.4, -0.2) is 52.0 Å². The molecule has 0 atom stereocenters. The highest BCUT2D eigenvalue weighted by Gasteiger charge is 2.23. The Morgan fingerprint density at radius 2 is 1.69 bits per heavy atom. The minimum Gasteiger partial charge on any atom is -0.495 e. The molecule has 1 N–H and O–H groups in total. The van der Waals surface area contributed by atoms with Crippen molar-refractivity contribution in [3.05, 3.63) is 78.9 Å². The number of benzene rings is 2. The number of aryl methyl sites for hydroxylation is 1. The fourth-order valence-electron chi connectivity index (χ4n) is 2.74. The number of methoxy groups -OCH3 is 1. The third-order valence-electron chi connectivity index (χ3n) is 4.37. The summed E-state index contributed by atoms with van der Waals surface area (Å²) in [6.45, 7) is 9.09. The monoisotopic (exact) mass is 458 g/mol. The van der Waals surface area contributed by atoms with Gasteiger partial charge in [0.25, 0.3) is 15.9 Å². The summed E-state index contributed by atoms with van der Waals surface area (Å²) in [4.78, 5) is 25.9. The van der Waals surface area contributed by atoms with Crippen LogP contribution in [0, 0.1) is 6.92 Å². The van der Waals surface area contributed by atoms with Gasteiger partial charge in [0.05, 0.1) is 12.7 Å². The topological polar surface area (TPSA) is 102 Å². The average Bonchev–Trinajstić information content (AvgIpc) is 2.78. The lowest BCUT2D eigenvalue weighted by Gasteiger charge is -2.19. The standard InChI is InChI=1S/C23H26N2O6S/c1-5-13-25(14-6-2)22(26)16-31-23(27)18-9-12-20(30-4)21(15-18)32(28,29)24-19-10-7-17(3)8-11-19/h5-12,15,24H,1-2,13-14,16H2,3-4H3. The maximum absolute atomic E-state index is 12.9. The number of anilines is 1. The Morgan fingerprint density at radius 1 is 1.06 bits per heavy atom. The molecule has 0 aromatic heterocycles. The maximum atomic E-state index is 12.9. The SMILES string of the molecule is C=CCN(CC=C)C(=O)COC(=O)c1ccc(OC)c(S(=O)(=O)Nc2ccc(C)cc2)c1. The zero-order chi connectivity index (χ0) is 23.7. The first-order valence-electron chi connectivity index (χ1n) is 9.66. The van der Waals surface area contributed by atoms with E-state index in [4.69, 9.17) is 9.47 Å². The van der Waals surface area contributed by atoms with Crippen LogP contribution in [0.1, 0.15) is 15.9 Å². The fraction of sp³-hybridized carbons (Fsp3) is 0.217. The second-order valence-electron chi connectivity index (χ2n) is 6.79. The number of hydrogen-bond donors (Lipinski definition) is 1. The van der Waals surface area contributed by atoms with E-state index >= 15 is 0 Å². The predicted molar refractivity (Wildman–Crippen MR) is 122 cm³/mol. The predicted octanol–water partition coefficient (Wildman–Crippen LogP) is 3.16. The van der Waals surface area contributed by atoms with Crippen molar-refractivity contribution in [3.8, 4) is 5.75 Å². The molecule has 0 unspecified atom stereocenters. The van der Waals surface area contributed by atoms with E-state index in [9.17, 15) is 18.0 Å². The van der Waals surface area contributed by atoms with Gasteiger partial charge < -0.3 is 14.4 Å². The molecule has 9 heteroatoms. The number of nitrogens with zero attached hydrogens (tertiary/aromatic N) is 1. The molecule has 1 amide bonds. The van der Waals surface area contributed by atoms with Crippen LogP contribution in [0.3, 0.4) is 0 Å². The van der Waals surface area contributed by atoms with Gasteiger partial charge in [-0.1, -0.05) is 29.8 Å². The van der Waals surface area contributed by atoms with E-state index in [2.05, 4.69) is 17.9 Å². The minimum atomic E-state index is -4.06. The Labute approximate surface area is 188 Å². The Kier molecular flexibility index (Phi) is 8.60. The van der Waals surface area contributed by atoms with Crippen LogP contribution in [-0.2, 0) is 19.6 Å². The quantitative estimate of drug-likeness (QED) is 0.410. The first kappa shape index (κ1) is 24.7. The van der Waals surface area contributed by atoms with Crippen molar-refractivity contribution in [2.45, 2.75) is 11.8 Å². The summed E-state index contributed by atoms with van der Waals surface area (Å²) in [5.74, 6) is -1.22. The fourth-order valence-corrected chi connectivity index (χ4v) is 3.99.